The van der Waals surface area contributed by atoms with E-state index >= 15 is 0 Å². The van der Waals surface area contributed by atoms with E-state index in [2.05, 4.69) is 4.98 Å². The molecule has 0 fully saturated rings. The van der Waals surface area contributed by atoms with E-state index in [1.165, 1.54) is 6.92 Å². The van der Waals surface area contributed by atoms with Crippen molar-refractivity contribution in [2.45, 2.75) is 33.1 Å². The molecule has 94 valence electrons. The van der Waals surface area contributed by atoms with Crippen LogP contribution < -0.4 is 4.74 Å². The van der Waals surface area contributed by atoms with Crippen molar-refractivity contribution < 1.29 is 22.7 Å². The van der Waals surface area contributed by atoms with Crippen molar-refractivity contribution >= 4 is 5.78 Å². The van der Waals surface area contributed by atoms with E-state index in [-0.39, 0.29) is 12.0 Å². The van der Waals surface area contributed by atoms with Gasteiger partial charge in [0.2, 0.25) is 5.88 Å². The van der Waals surface area contributed by atoms with Gasteiger partial charge in [0.05, 0.1) is 6.10 Å². The standard InChI is InChI=1S/C11H12F3NO2/c1-6(2)17-10-7(3)4-8(5-15-10)9(16)11(12,13)14/h4-6H,1-3H3. The minimum absolute atomic E-state index is 0.134. The number of ether oxygens (including phenoxy) is 1. The van der Waals surface area contributed by atoms with Gasteiger partial charge in [0.1, 0.15) is 0 Å². The van der Waals surface area contributed by atoms with Gasteiger partial charge >= 0.3 is 6.18 Å². The van der Waals surface area contributed by atoms with Crippen LogP contribution in [0.2, 0.25) is 0 Å². The molecule has 0 atom stereocenters. The molecule has 0 radical (unpaired) electrons. The van der Waals surface area contributed by atoms with Crippen molar-refractivity contribution in [3.63, 3.8) is 0 Å². The quantitative estimate of drug-likeness (QED) is 0.771. The van der Waals surface area contributed by atoms with Crippen LogP contribution in [0, 0.1) is 6.92 Å². The molecule has 1 aromatic rings. The molecule has 0 aliphatic carbocycles. The first-order valence-corrected chi connectivity index (χ1v) is 4.96. The van der Waals surface area contributed by atoms with Gasteiger partial charge in [-0.15, -0.1) is 0 Å². The van der Waals surface area contributed by atoms with Gasteiger partial charge in [-0.3, -0.25) is 4.79 Å². The molecule has 0 amide bonds. The highest BCUT2D eigenvalue weighted by molar-refractivity contribution is 6.00. The summed E-state index contributed by atoms with van der Waals surface area (Å²) in [5.41, 5.74) is -0.0834. The molecule has 0 N–H and O–H groups in total. The van der Waals surface area contributed by atoms with Crippen molar-refractivity contribution in [2.75, 3.05) is 0 Å². The van der Waals surface area contributed by atoms with E-state index < -0.39 is 17.5 Å². The van der Waals surface area contributed by atoms with Crippen molar-refractivity contribution in [3.8, 4) is 5.88 Å². The molecule has 1 aromatic heterocycles. The highest BCUT2D eigenvalue weighted by atomic mass is 19.4. The number of pyridine rings is 1. The van der Waals surface area contributed by atoms with Crippen molar-refractivity contribution in [3.05, 3.63) is 23.4 Å². The second-order valence-electron chi connectivity index (χ2n) is 3.84. The number of Topliss-reactive ketones (excluding diaryl/α,β-unsaturated/α-hetero) is 1. The average Bonchev–Trinajstić information content (AvgIpc) is 2.18. The molecule has 0 aliphatic heterocycles. The van der Waals surface area contributed by atoms with E-state index in [4.69, 9.17) is 4.74 Å². The lowest BCUT2D eigenvalue weighted by Crippen LogP contribution is -2.23. The largest absolute Gasteiger partial charge is 0.475 e. The van der Waals surface area contributed by atoms with Gasteiger partial charge < -0.3 is 4.74 Å². The van der Waals surface area contributed by atoms with Crippen molar-refractivity contribution in [1.29, 1.82) is 0 Å². The van der Waals surface area contributed by atoms with E-state index in [1.54, 1.807) is 13.8 Å². The summed E-state index contributed by atoms with van der Waals surface area (Å²) in [7, 11) is 0. The Morgan fingerprint density at radius 3 is 2.41 bits per heavy atom. The number of alkyl halides is 3. The number of hydrogen-bond acceptors (Lipinski definition) is 3. The topological polar surface area (TPSA) is 39.2 Å². The van der Waals surface area contributed by atoms with Crippen molar-refractivity contribution in [1.82, 2.24) is 4.98 Å². The monoisotopic (exact) mass is 247 g/mol. The first-order chi connectivity index (χ1) is 7.71. The Kier molecular flexibility index (Phi) is 3.75. The number of aryl methyl sites for hydroxylation is 1. The van der Waals surface area contributed by atoms with Crippen molar-refractivity contribution in [2.24, 2.45) is 0 Å². The molecule has 0 spiro atoms. The summed E-state index contributed by atoms with van der Waals surface area (Å²) in [5, 5.41) is 0. The molecule has 17 heavy (non-hydrogen) atoms. The molecule has 0 unspecified atom stereocenters. The zero-order chi connectivity index (χ0) is 13.2. The van der Waals surface area contributed by atoms with E-state index in [0.29, 0.717) is 5.56 Å². The zero-order valence-corrected chi connectivity index (χ0v) is 9.63. The van der Waals surface area contributed by atoms with E-state index in [0.717, 1.165) is 12.3 Å². The minimum atomic E-state index is -4.88. The fourth-order valence-corrected chi connectivity index (χ4v) is 1.20. The second-order valence-corrected chi connectivity index (χ2v) is 3.84. The number of rotatable bonds is 3. The van der Waals surface area contributed by atoms with Crippen LogP contribution in [0.5, 0.6) is 5.88 Å². The van der Waals surface area contributed by atoms with Crippen LogP contribution in [-0.4, -0.2) is 23.0 Å². The van der Waals surface area contributed by atoms with Gasteiger partial charge in [-0.05, 0) is 26.8 Å². The third-order valence-electron chi connectivity index (χ3n) is 1.90. The SMILES string of the molecule is Cc1cc(C(=O)C(F)(F)F)cnc1OC(C)C. The number of nitrogens with zero attached hydrogens (tertiary/aromatic N) is 1. The highest BCUT2D eigenvalue weighted by Crippen LogP contribution is 2.24. The Morgan fingerprint density at radius 2 is 2.00 bits per heavy atom. The first kappa shape index (κ1) is 13.5. The van der Waals surface area contributed by atoms with Crippen LogP contribution >= 0.6 is 0 Å². The highest BCUT2D eigenvalue weighted by Gasteiger charge is 2.39. The van der Waals surface area contributed by atoms with E-state index in [9.17, 15) is 18.0 Å². The smallest absolute Gasteiger partial charge is 0.454 e. The number of carbonyl (C=O) groups is 1. The molecule has 0 saturated carbocycles. The van der Waals surface area contributed by atoms with Crippen LogP contribution in [-0.2, 0) is 0 Å². The van der Waals surface area contributed by atoms with E-state index in [1.807, 2.05) is 0 Å². The lowest BCUT2D eigenvalue weighted by atomic mass is 10.1. The maximum atomic E-state index is 12.2. The molecule has 1 rings (SSSR count). The molecular weight excluding hydrogens is 235 g/mol. The Hall–Kier alpha value is -1.59. The maximum Gasteiger partial charge on any atom is 0.454 e. The zero-order valence-electron chi connectivity index (χ0n) is 9.63. The van der Waals surface area contributed by atoms with Crippen LogP contribution in [0.15, 0.2) is 12.3 Å². The number of ketones is 1. The lowest BCUT2D eigenvalue weighted by molar-refractivity contribution is -0.0885. The van der Waals surface area contributed by atoms with Gasteiger partial charge in [-0.1, -0.05) is 0 Å². The predicted octanol–water partition coefficient (Wildman–Crippen LogP) is 2.92. The minimum Gasteiger partial charge on any atom is -0.475 e. The Bertz CT molecular complexity index is 427. The summed E-state index contributed by atoms with van der Waals surface area (Å²) in [6.45, 7) is 5.09. The fraction of sp³-hybridized carbons (Fsp3) is 0.455. The number of halogens is 3. The summed E-state index contributed by atoms with van der Waals surface area (Å²) < 4.78 is 41.8. The molecule has 0 aromatic carbocycles. The van der Waals surface area contributed by atoms with Gasteiger partial charge in [0, 0.05) is 17.3 Å². The third kappa shape index (κ3) is 3.44. The van der Waals surface area contributed by atoms with Gasteiger partial charge in [-0.2, -0.15) is 13.2 Å². The van der Waals surface area contributed by atoms with Crippen LogP contribution in [0.25, 0.3) is 0 Å². The molecule has 1 heterocycles. The normalized spacial score (nSPS) is 11.7. The van der Waals surface area contributed by atoms with Gasteiger partial charge in [0.15, 0.2) is 0 Å². The second kappa shape index (κ2) is 4.73. The van der Waals surface area contributed by atoms with Gasteiger partial charge in [-0.25, -0.2) is 4.98 Å². The molecule has 6 heteroatoms. The predicted molar refractivity (Wildman–Crippen MR) is 55.1 cm³/mol. The summed E-state index contributed by atoms with van der Waals surface area (Å²) in [6, 6.07) is 1.13. The average molecular weight is 247 g/mol. The first-order valence-electron chi connectivity index (χ1n) is 4.96. The Labute approximate surface area is 96.6 Å². The van der Waals surface area contributed by atoms with Crippen LogP contribution in [0.3, 0.4) is 0 Å². The molecule has 0 bridgehead atoms. The Morgan fingerprint density at radius 1 is 1.41 bits per heavy atom. The van der Waals surface area contributed by atoms with Crippen LogP contribution in [0.4, 0.5) is 13.2 Å². The molecule has 0 aliphatic rings. The lowest BCUT2D eigenvalue weighted by Gasteiger charge is -2.12. The molecule has 3 nitrogen and oxygen atoms in total. The summed E-state index contributed by atoms with van der Waals surface area (Å²) in [6.07, 6.45) is -4.14. The third-order valence-corrected chi connectivity index (χ3v) is 1.90. The molecule has 0 saturated heterocycles. The molecular formula is C11H12F3NO2. The van der Waals surface area contributed by atoms with Gasteiger partial charge in [0.25, 0.3) is 5.78 Å². The van der Waals surface area contributed by atoms with Crippen LogP contribution in [0.1, 0.15) is 29.8 Å². The summed E-state index contributed by atoms with van der Waals surface area (Å²) in [4.78, 5) is 14.7. The summed E-state index contributed by atoms with van der Waals surface area (Å²) >= 11 is 0. The number of hydrogen-bond donors (Lipinski definition) is 0. The fourth-order valence-electron chi connectivity index (χ4n) is 1.20. The summed E-state index contributed by atoms with van der Waals surface area (Å²) in [5.74, 6) is -1.66. The number of aromatic nitrogens is 1. The number of carbonyl (C=O) groups excluding carboxylic acids is 1. The maximum absolute atomic E-state index is 12.2. The Balaban J connectivity index is 3.01.